The maximum atomic E-state index is 12.9. The van der Waals surface area contributed by atoms with E-state index in [1.54, 1.807) is 0 Å². The van der Waals surface area contributed by atoms with Gasteiger partial charge in [0.1, 0.15) is 5.82 Å². The standard InChI is InChI=1S/C20H21FN2O2/c1-15(14-20(24)16-2-4-17(21)5-3-16)22-18-6-8-19(9-7-18)23-10-12-25-13-11-23/h2-9,22H,1,10-14H2. The highest BCUT2D eigenvalue weighted by Gasteiger charge is 2.11. The largest absolute Gasteiger partial charge is 0.378 e. The smallest absolute Gasteiger partial charge is 0.168 e. The van der Waals surface area contributed by atoms with Crippen LogP contribution >= 0.6 is 0 Å². The molecule has 1 aliphatic heterocycles. The molecule has 0 amide bonds. The van der Waals surface area contributed by atoms with Gasteiger partial charge in [-0.05, 0) is 48.5 Å². The first kappa shape index (κ1) is 17.2. The number of ketones is 1. The van der Waals surface area contributed by atoms with Gasteiger partial charge in [0.15, 0.2) is 5.78 Å². The average molecular weight is 340 g/mol. The lowest BCUT2D eigenvalue weighted by Crippen LogP contribution is -2.36. The minimum atomic E-state index is -0.353. The first-order valence-corrected chi connectivity index (χ1v) is 8.28. The quantitative estimate of drug-likeness (QED) is 0.811. The van der Waals surface area contributed by atoms with E-state index in [4.69, 9.17) is 4.74 Å². The molecule has 1 aliphatic rings. The number of ether oxygens (including phenoxy) is 1. The molecule has 25 heavy (non-hydrogen) atoms. The molecule has 130 valence electrons. The highest BCUT2D eigenvalue weighted by Crippen LogP contribution is 2.20. The first-order chi connectivity index (χ1) is 12.1. The van der Waals surface area contributed by atoms with Crippen LogP contribution in [0.2, 0.25) is 0 Å². The molecule has 0 spiro atoms. The zero-order valence-corrected chi connectivity index (χ0v) is 14.0. The van der Waals surface area contributed by atoms with Gasteiger partial charge in [0.25, 0.3) is 0 Å². The van der Waals surface area contributed by atoms with Gasteiger partial charge in [-0.15, -0.1) is 0 Å². The van der Waals surface area contributed by atoms with Crippen molar-refractivity contribution in [3.63, 3.8) is 0 Å². The van der Waals surface area contributed by atoms with Crippen molar-refractivity contribution in [3.8, 4) is 0 Å². The van der Waals surface area contributed by atoms with E-state index in [0.717, 1.165) is 37.7 Å². The summed E-state index contributed by atoms with van der Waals surface area (Å²) >= 11 is 0. The molecule has 4 nitrogen and oxygen atoms in total. The number of benzene rings is 2. The maximum absolute atomic E-state index is 12.9. The molecule has 0 bridgehead atoms. The molecule has 1 N–H and O–H groups in total. The normalized spacial score (nSPS) is 14.2. The van der Waals surface area contributed by atoms with Crippen LogP contribution in [-0.2, 0) is 4.74 Å². The fraction of sp³-hybridized carbons (Fsp3) is 0.250. The second kappa shape index (κ2) is 7.94. The van der Waals surface area contributed by atoms with Gasteiger partial charge in [-0.3, -0.25) is 4.79 Å². The number of anilines is 2. The summed E-state index contributed by atoms with van der Waals surface area (Å²) in [5, 5.41) is 3.15. The second-order valence-electron chi connectivity index (χ2n) is 5.98. The Labute approximate surface area is 146 Å². The molecule has 0 atom stereocenters. The molecule has 0 saturated carbocycles. The Kier molecular flexibility index (Phi) is 5.46. The summed E-state index contributed by atoms with van der Waals surface area (Å²) < 4.78 is 18.3. The molecule has 0 aliphatic carbocycles. The number of hydrogen-bond donors (Lipinski definition) is 1. The van der Waals surface area contributed by atoms with Gasteiger partial charge in [-0.1, -0.05) is 6.58 Å². The van der Waals surface area contributed by atoms with E-state index in [1.165, 1.54) is 24.3 Å². The molecule has 1 fully saturated rings. The summed E-state index contributed by atoms with van der Waals surface area (Å²) in [4.78, 5) is 14.5. The van der Waals surface area contributed by atoms with E-state index < -0.39 is 0 Å². The van der Waals surface area contributed by atoms with E-state index in [9.17, 15) is 9.18 Å². The number of nitrogens with one attached hydrogen (secondary N) is 1. The van der Waals surface area contributed by atoms with Gasteiger partial charge in [-0.25, -0.2) is 4.39 Å². The lowest BCUT2D eigenvalue weighted by Gasteiger charge is -2.29. The van der Waals surface area contributed by atoms with Crippen LogP contribution in [0.4, 0.5) is 15.8 Å². The molecule has 2 aromatic carbocycles. The third-order valence-corrected chi connectivity index (χ3v) is 4.10. The Morgan fingerprint density at radius 2 is 1.72 bits per heavy atom. The summed E-state index contributed by atoms with van der Waals surface area (Å²) in [6, 6.07) is 13.6. The van der Waals surface area contributed by atoms with Crippen molar-refractivity contribution in [1.82, 2.24) is 0 Å². The summed E-state index contributed by atoms with van der Waals surface area (Å²) in [6.07, 6.45) is 0.164. The third-order valence-electron chi connectivity index (χ3n) is 4.10. The Balaban J connectivity index is 1.55. The number of carbonyl (C=O) groups is 1. The lowest BCUT2D eigenvalue weighted by atomic mass is 10.1. The van der Waals surface area contributed by atoms with Crippen LogP contribution in [0.1, 0.15) is 16.8 Å². The zero-order valence-electron chi connectivity index (χ0n) is 14.0. The van der Waals surface area contributed by atoms with Crippen molar-refractivity contribution in [2.24, 2.45) is 0 Å². The van der Waals surface area contributed by atoms with E-state index in [0.29, 0.717) is 11.3 Å². The number of carbonyl (C=O) groups excluding carboxylic acids is 1. The fourth-order valence-corrected chi connectivity index (χ4v) is 2.76. The molecule has 1 saturated heterocycles. The van der Waals surface area contributed by atoms with Crippen molar-refractivity contribution in [1.29, 1.82) is 0 Å². The van der Waals surface area contributed by atoms with Crippen LogP contribution in [0.15, 0.2) is 60.8 Å². The number of hydrogen-bond acceptors (Lipinski definition) is 4. The molecular formula is C20H21FN2O2. The number of rotatable bonds is 6. The van der Waals surface area contributed by atoms with E-state index in [1.807, 2.05) is 24.3 Å². The van der Waals surface area contributed by atoms with Crippen LogP contribution in [0.3, 0.4) is 0 Å². The van der Waals surface area contributed by atoms with Crippen molar-refractivity contribution in [2.75, 3.05) is 36.5 Å². The molecule has 0 aromatic heterocycles. The minimum absolute atomic E-state index is 0.0950. The maximum Gasteiger partial charge on any atom is 0.168 e. The molecule has 3 rings (SSSR count). The fourth-order valence-electron chi connectivity index (χ4n) is 2.76. The highest BCUT2D eigenvalue weighted by atomic mass is 19.1. The van der Waals surface area contributed by atoms with Crippen LogP contribution in [0, 0.1) is 5.82 Å². The summed E-state index contributed by atoms with van der Waals surface area (Å²) in [5.74, 6) is -0.448. The van der Waals surface area contributed by atoms with Gasteiger partial charge >= 0.3 is 0 Å². The van der Waals surface area contributed by atoms with Crippen LogP contribution in [-0.4, -0.2) is 32.1 Å². The molecule has 0 radical (unpaired) electrons. The molecule has 5 heteroatoms. The molecule has 0 unspecified atom stereocenters. The number of Topliss-reactive ketones (excluding diaryl/α,β-unsaturated/α-hetero) is 1. The van der Waals surface area contributed by atoms with E-state index in [-0.39, 0.29) is 18.0 Å². The Hall–Kier alpha value is -2.66. The van der Waals surface area contributed by atoms with Crippen molar-refractivity contribution >= 4 is 17.2 Å². The number of nitrogens with zero attached hydrogens (tertiary/aromatic N) is 1. The van der Waals surface area contributed by atoms with Crippen LogP contribution in [0.25, 0.3) is 0 Å². The molecule has 1 heterocycles. The topological polar surface area (TPSA) is 41.6 Å². The molecular weight excluding hydrogens is 319 g/mol. The number of allylic oxidation sites excluding steroid dienone is 1. The highest BCUT2D eigenvalue weighted by molar-refractivity contribution is 5.97. The predicted molar refractivity (Wildman–Crippen MR) is 97.6 cm³/mol. The second-order valence-corrected chi connectivity index (χ2v) is 5.98. The summed E-state index contributed by atoms with van der Waals surface area (Å²) in [7, 11) is 0. The average Bonchev–Trinajstić information content (AvgIpc) is 2.63. The van der Waals surface area contributed by atoms with Gasteiger partial charge < -0.3 is 15.0 Å². The first-order valence-electron chi connectivity index (χ1n) is 8.28. The number of halogens is 1. The van der Waals surface area contributed by atoms with Gasteiger partial charge in [0.2, 0.25) is 0 Å². The monoisotopic (exact) mass is 340 g/mol. The van der Waals surface area contributed by atoms with Crippen molar-refractivity contribution < 1.29 is 13.9 Å². The summed E-state index contributed by atoms with van der Waals surface area (Å²) in [5.41, 5.74) is 3.12. The predicted octanol–water partition coefficient (Wildman–Crippen LogP) is 3.86. The third kappa shape index (κ3) is 4.67. The summed E-state index contributed by atoms with van der Waals surface area (Å²) in [6.45, 7) is 7.21. The van der Waals surface area contributed by atoms with E-state index in [2.05, 4.69) is 16.8 Å². The molecule has 2 aromatic rings. The van der Waals surface area contributed by atoms with Gasteiger partial charge in [0.05, 0.1) is 19.6 Å². The van der Waals surface area contributed by atoms with Crippen LogP contribution < -0.4 is 10.2 Å². The Morgan fingerprint density at radius 1 is 1.08 bits per heavy atom. The van der Waals surface area contributed by atoms with E-state index >= 15 is 0 Å². The Morgan fingerprint density at radius 3 is 2.36 bits per heavy atom. The van der Waals surface area contributed by atoms with Crippen molar-refractivity contribution in [3.05, 3.63) is 72.2 Å². The number of morpholine rings is 1. The Bertz CT molecular complexity index is 735. The van der Waals surface area contributed by atoms with Crippen LogP contribution in [0.5, 0.6) is 0 Å². The lowest BCUT2D eigenvalue weighted by molar-refractivity contribution is 0.0993. The van der Waals surface area contributed by atoms with Crippen molar-refractivity contribution in [2.45, 2.75) is 6.42 Å². The SMILES string of the molecule is C=C(CC(=O)c1ccc(F)cc1)Nc1ccc(N2CCOCC2)cc1. The van der Waals surface area contributed by atoms with Gasteiger partial charge in [-0.2, -0.15) is 0 Å². The zero-order chi connectivity index (χ0) is 17.6. The minimum Gasteiger partial charge on any atom is -0.378 e. The van der Waals surface area contributed by atoms with Gasteiger partial charge in [0, 0.05) is 35.7 Å².